The van der Waals surface area contributed by atoms with Gasteiger partial charge < -0.3 is 15.0 Å². The summed E-state index contributed by atoms with van der Waals surface area (Å²) in [5, 5.41) is 3.27. The third-order valence-corrected chi connectivity index (χ3v) is 6.10. The normalized spacial score (nSPS) is 16.4. The van der Waals surface area contributed by atoms with Crippen LogP contribution in [0.3, 0.4) is 0 Å². The second-order valence-electron chi connectivity index (χ2n) is 6.89. The van der Waals surface area contributed by atoms with Crippen molar-refractivity contribution in [3.63, 3.8) is 0 Å². The number of sulfonamides is 1. The number of para-hydroxylation sites is 1. The van der Waals surface area contributed by atoms with Crippen LogP contribution in [0.15, 0.2) is 48.5 Å². The topological polar surface area (TPSA) is 79.0 Å². The number of benzene rings is 2. The molecular formula is C20H24ClN3O4S. The first kappa shape index (κ1) is 21.3. The molecule has 0 spiro atoms. The first-order valence-corrected chi connectivity index (χ1v) is 11.5. The molecule has 1 heterocycles. The summed E-state index contributed by atoms with van der Waals surface area (Å²) in [6, 6.07) is 14.6. The molecule has 0 aromatic heterocycles. The second-order valence-corrected chi connectivity index (χ2v) is 9.23. The Kier molecular flexibility index (Phi) is 6.54. The molecule has 0 unspecified atom stereocenters. The van der Waals surface area contributed by atoms with Gasteiger partial charge in [0.25, 0.3) is 5.91 Å². The van der Waals surface area contributed by atoms with Gasteiger partial charge in [0.05, 0.1) is 11.9 Å². The maximum absolute atomic E-state index is 12.7. The van der Waals surface area contributed by atoms with Crippen molar-refractivity contribution in [3.8, 4) is 5.75 Å². The number of carbonyl (C=O) groups is 1. The van der Waals surface area contributed by atoms with E-state index in [9.17, 15) is 13.2 Å². The van der Waals surface area contributed by atoms with E-state index >= 15 is 0 Å². The number of ether oxygens (including phenoxy) is 1. The number of fused-ring (bicyclic) bond motifs is 1. The molecule has 0 radical (unpaired) electrons. The number of halogens is 1. The minimum atomic E-state index is -3.53. The van der Waals surface area contributed by atoms with Crippen LogP contribution in [0.25, 0.3) is 0 Å². The molecule has 0 bridgehead atoms. The Morgan fingerprint density at radius 2 is 2.00 bits per heavy atom. The Morgan fingerprint density at radius 3 is 2.69 bits per heavy atom. The van der Waals surface area contributed by atoms with E-state index in [0.717, 1.165) is 11.9 Å². The van der Waals surface area contributed by atoms with E-state index in [0.29, 0.717) is 29.5 Å². The number of rotatable bonds is 6. The highest BCUT2D eigenvalue weighted by molar-refractivity contribution is 7.92. The zero-order valence-corrected chi connectivity index (χ0v) is 17.9. The van der Waals surface area contributed by atoms with Gasteiger partial charge in [-0.2, -0.15) is 0 Å². The van der Waals surface area contributed by atoms with Gasteiger partial charge in [-0.15, -0.1) is 0 Å². The van der Waals surface area contributed by atoms with Crippen LogP contribution in [0.5, 0.6) is 5.75 Å². The van der Waals surface area contributed by atoms with Crippen molar-refractivity contribution in [2.24, 2.45) is 0 Å². The lowest BCUT2D eigenvalue weighted by Crippen LogP contribution is -2.42. The smallest absolute Gasteiger partial charge is 0.261 e. The minimum absolute atomic E-state index is 0.133. The Morgan fingerprint density at radius 1 is 1.28 bits per heavy atom. The molecule has 3 rings (SSSR count). The molecule has 0 saturated carbocycles. The summed E-state index contributed by atoms with van der Waals surface area (Å²) in [6.45, 7) is 1.20. The van der Waals surface area contributed by atoms with Crippen LogP contribution in [0.4, 0.5) is 11.4 Å². The molecule has 1 atom stereocenters. The van der Waals surface area contributed by atoms with Crippen LogP contribution in [0, 0.1) is 0 Å². The van der Waals surface area contributed by atoms with Crippen molar-refractivity contribution in [1.82, 2.24) is 5.32 Å². The molecule has 9 heteroatoms. The molecule has 7 nitrogen and oxygen atoms in total. The van der Waals surface area contributed by atoms with E-state index in [1.165, 1.54) is 10.4 Å². The summed E-state index contributed by atoms with van der Waals surface area (Å²) >= 11 is 6.03. The number of amides is 1. The lowest BCUT2D eigenvalue weighted by molar-refractivity contribution is -0.127. The van der Waals surface area contributed by atoms with E-state index in [1.54, 1.807) is 12.1 Å². The molecule has 156 valence electrons. The van der Waals surface area contributed by atoms with E-state index in [2.05, 4.69) is 5.32 Å². The van der Waals surface area contributed by atoms with Crippen molar-refractivity contribution in [3.05, 3.63) is 53.6 Å². The third-order valence-electron chi connectivity index (χ3n) is 4.69. The number of hydrogen-bond donors (Lipinski definition) is 1. The summed E-state index contributed by atoms with van der Waals surface area (Å²) in [4.78, 5) is 14.7. The van der Waals surface area contributed by atoms with Crippen molar-refractivity contribution in [2.45, 2.75) is 12.5 Å². The van der Waals surface area contributed by atoms with Crippen LogP contribution >= 0.6 is 11.6 Å². The quantitative estimate of drug-likeness (QED) is 0.751. The van der Waals surface area contributed by atoms with Crippen LogP contribution in [-0.4, -0.2) is 53.4 Å². The molecule has 1 aliphatic rings. The zero-order valence-electron chi connectivity index (χ0n) is 16.3. The van der Waals surface area contributed by atoms with E-state index in [4.69, 9.17) is 16.3 Å². The van der Waals surface area contributed by atoms with Gasteiger partial charge in [0.1, 0.15) is 5.75 Å². The molecular weight excluding hydrogens is 414 g/mol. The van der Waals surface area contributed by atoms with Gasteiger partial charge in [-0.25, -0.2) is 8.42 Å². The molecule has 0 aliphatic carbocycles. The molecule has 1 amide bonds. The molecule has 1 aliphatic heterocycles. The monoisotopic (exact) mass is 437 g/mol. The molecule has 0 fully saturated rings. The van der Waals surface area contributed by atoms with Gasteiger partial charge in [-0.3, -0.25) is 9.10 Å². The fourth-order valence-electron chi connectivity index (χ4n) is 3.15. The summed E-state index contributed by atoms with van der Waals surface area (Å²) in [7, 11) is -1.58. The maximum atomic E-state index is 12.7. The Balaban J connectivity index is 1.65. The average Bonchev–Trinajstić information content (AvgIpc) is 2.87. The van der Waals surface area contributed by atoms with Gasteiger partial charge in [0.15, 0.2) is 6.10 Å². The molecule has 0 saturated heterocycles. The molecule has 29 heavy (non-hydrogen) atoms. The summed E-state index contributed by atoms with van der Waals surface area (Å²) in [5.74, 6) is 0.0431. The zero-order chi connectivity index (χ0) is 21.0. The number of anilines is 2. The largest absolute Gasteiger partial charge is 0.478 e. The fourth-order valence-corrected chi connectivity index (χ4v) is 4.26. The van der Waals surface area contributed by atoms with Crippen LogP contribution in [0.1, 0.15) is 6.42 Å². The molecule has 2 aromatic carbocycles. The van der Waals surface area contributed by atoms with Gasteiger partial charge in [0, 0.05) is 43.8 Å². The fraction of sp³-hybridized carbons (Fsp3) is 0.350. The first-order valence-electron chi connectivity index (χ1n) is 9.23. The van der Waals surface area contributed by atoms with Crippen molar-refractivity contribution in [1.29, 1.82) is 0 Å². The van der Waals surface area contributed by atoms with Gasteiger partial charge in [0.2, 0.25) is 10.0 Å². The van der Waals surface area contributed by atoms with E-state index < -0.39 is 16.1 Å². The number of nitrogens with zero attached hydrogens (tertiary/aromatic N) is 2. The number of likely N-dealkylation sites (N-methyl/N-ethyl adjacent to an activating group) is 1. The third kappa shape index (κ3) is 5.33. The van der Waals surface area contributed by atoms with Gasteiger partial charge >= 0.3 is 0 Å². The second kappa shape index (κ2) is 8.92. The summed E-state index contributed by atoms with van der Waals surface area (Å²) < 4.78 is 31.5. The lowest BCUT2D eigenvalue weighted by Gasteiger charge is -2.21. The highest BCUT2D eigenvalue weighted by atomic mass is 35.5. The molecule has 2 aromatic rings. The van der Waals surface area contributed by atoms with E-state index in [1.807, 2.05) is 42.3 Å². The number of nitrogens with one attached hydrogen (secondary N) is 1. The summed E-state index contributed by atoms with van der Waals surface area (Å²) in [5.41, 5.74) is 1.40. The summed E-state index contributed by atoms with van der Waals surface area (Å²) in [6.07, 6.45) is 0.570. The van der Waals surface area contributed by atoms with Crippen LogP contribution in [0.2, 0.25) is 5.02 Å². The van der Waals surface area contributed by atoms with Gasteiger partial charge in [-0.05, 0) is 30.3 Å². The number of carbonyl (C=O) groups excluding carboxylic acids is 1. The Bertz CT molecular complexity index is 969. The Labute approximate surface area is 176 Å². The average molecular weight is 438 g/mol. The van der Waals surface area contributed by atoms with E-state index in [-0.39, 0.29) is 18.9 Å². The van der Waals surface area contributed by atoms with Gasteiger partial charge in [-0.1, -0.05) is 29.8 Å². The van der Waals surface area contributed by atoms with Crippen molar-refractivity contribution >= 4 is 38.9 Å². The SMILES string of the molecule is CN(CCNC(=O)[C@H]1CCN(S(C)(=O)=O)c2cc(Cl)ccc2O1)c1ccccc1. The predicted octanol–water partition coefficient (Wildman–Crippen LogP) is 2.51. The van der Waals surface area contributed by atoms with Crippen LogP contribution in [-0.2, 0) is 14.8 Å². The maximum Gasteiger partial charge on any atom is 0.261 e. The highest BCUT2D eigenvalue weighted by Crippen LogP contribution is 2.36. The lowest BCUT2D eigenvalue weighted by atomic mass is 10.2. The predicted molar refractivity (Wildman–Crippen MR) is 115 cm³/mol. The standard InChI is InChI=1S/C20H24ClN3O4S/c1-23(16-6-4-3-5-7-16)13-11-22-20(25)19-10-12-24(29(2,26)27)17-14-15(21)8-9-18(17)28-19/h3-9,14,19H,10-13H2,1-2H3,(H,22,25)/t19-/m1/s1. The Hall–Kier alpha value is -2.45. The first-order chi connectivity index (χ1) is 13.8. The van der Waals surface area contributed by atoms with Crippen LogP contribution < -0.4 is 19.3 Å². The minimum Gasteiger partial charge on any atom is -0.478 e. The number of hydrogen-bond acceptors (Lipinski definition) is 5. The van der Waals surface area contributed by atoms with Crippen molar-refractivity contribution < 1.29 is 17.9 Å². The van der Waals surface area contributed by atoms with Crippen molar-refractivity contribution in [2.75, 3.05) is 42.1 Å². The molecule has 1 N–H and O–H groups in total. The highest BCUT2D eigenvalue weighted by Gasteiger charge is 2.31.